The van der Waals surface area contributed by atoms with E-state index in [9.17, 15) is 37.7 Å². The summed E-state index contributed by atoms with van der Waals surface area (Å²) in [5.41, 5.74) is -0.987. The number of nitro benzene ring substituents is 1. The largest absolute Gasteiger partial charge is 0.494 e. The van der Waals surface area contributed by atoms with E-state index in [1.54, 1.807) is 0 Å². The fraction of sp³-hybridized carbons (Fsp3) is 0.160. The number of rotatable bonds is 10. The first-order chi connectivity index (χ1) is 18.5. The van der Waals surface area contributed by atoms with Crippen molar-refractivity contribution in [1.29, 1.82) is 0 Å². The number of non-ortho nitro benzene ring substituents is 1. The summed E-state index contributed by atoms with van der Waals surface area (Å²) in [6.07, 6.45) is -4.55. The molecule has 2 amide bonds. The minimum atomic E-state index is -4.55. The van der Waals surface area contributed by atoms with Crippen LogP contribution in [0.25, 0.3) is 0 Å². The molecule has 0 bridgehead atoms. The number of esters is 1. The number of nitrogens with zero attached hydrogens (tertiary/aromatic N) is 1. The van der Waals surface area contributed by atoms with E-state index in [2.05, 4.69) is 10.6 Å². The third-order valence-electron chi connectivity index (χ3n) is 4.94. The van der Waals surface area contributed by atoms with Crippen LogP contribution in [0.1, 0.15) is 15.9 Å². The SMILES string of the molecule is COc1cc([N+](=O)[O-])ccc1NC(=O)COC(=O)c1ccc(OCC(=O)Nc2cccc(C(F)(F)F)c2)cc1. The maximum atomic E-state index is 12.8. The first kappa shape index (κ1) is 28.4. The van der Waals surface area contributed by atoms with Crippen molar-refractivity contribution in [2.24, 2.45) is 0 Å². The number of anilines is 2. The molecule has 0 aliphatic heterocycles. The average molecular weight is 547 g/mol. The van der Waals surface area contributed by atoms with Gasteiger partial charge in [0.25, 0.3) is 17.5 Å². The molecular weight excluding hydrogens is 527 g/mol. The van der Waals surface area contributed by atoms with Crippen molar-refractivity contribution >= 4 is 34.8 Å². The monoisotopic (exact) mass is 547 g/mol. The Balaban J connectivity index is 1.47. The highest BCUT2D eigenvalue weighted by atomic mass is 19.4. The second-order valence-electron chi connectivity index (χ2n) is 7.71. The van der Waals surface area contributed by atoms with Crippen molar-refractivity contribution < 1.29 is 46.7 Å². The van der Waals surface area contributed by atoms with Crippen molar-refractivity contribution in [3.63, 3.8) is 0 Å². The summed E-state index contributed by atoms with van der Waals surface area (Å²) >= 11 is 0. The standard InChI is InChI=1S/C25H20F3N3O8/c1-37-21-12-18(31(35)36)7-10-20(21)30-23(33)14-39-24(34)15-5-8-19(9-6-15)38-13-22(32)29-17-4-2-3-16(11-17)25(26,27)28/h2-12H,13-14H2,1H3,(H,29,32)(H,30,33). The Morgan fingerprint density at radius 3 is 2.26 bits per heavy atom. The number of carbonyl (C=O) groups is 3. The molecule has 0 aliphatic carbocycles. The summed E-state index contributed by atoms with van der Waals surface area (Å²) in [6, 6.07) is 13.1. The molecule has 0 saturated heterocycles. The van der Waals surface area contributed by atoms with Crippen molar-refractivity contribution in [2.75, 3.05) is 31.0 Å². The Kier molecular flexibility index (Phi) is 9.04. The molecule has 3 rings (SSSR count). The lowest BCUT2D eigenvalue weighted by atomic mass is 10.2. The Hall–Kier alpha value is -5.14. The van der Waals surface area contributed by atoms with E-state index in [1.165, 1.54) is 49.6 Å². The van der Waals surface area contributed by atoms with E-state index >= 15 is 0 Å². The minimum absolute atomic E-state index is 0.0444. The van der Waals surface area contributed by atoms with Gasteiger partial charge >= 0.3 is 12.1 Å². The zero-order chi connectivity index (χ0) is 28.6. The summed E-state index contributed by atoms with van der Waals surface area (Å²) in [7, 11) is 1.27. The van der Waals surface area contributed by atoms with E-state index in [4.69, 9.17) is 14.2 Å². The molecule has 39 heavy (non-hydrogen) atoms. The highest BCUT2D eigenvalue weighted by Crippen LogP contribution is 2.31. The van der Waals surface area contributed by atoms with E-state index in [-0.39, 0.29) is 34.1 Å². The number of amides is 2. The van der Waals surface area contributed by atoms with Gasteiger partial charge in [0.1, 0.15) is 11.5 Å². The second kappa shape index (κ2) is 12.4. The van der Waals surface area contributed by atoms with Gasteiger partial charge in [0.2, 0.25) is 0 Å². The quantitative estimate of drug-likeness (QED) is 0.215. The molecular formula is C25H20F3N3O8. The molecule has 0 atom stereocenters. The normalized spacial score (nSPS) is 10.8. The van der Waals surface area contributed by atoms with Gasteiger partial charge in [-0.3, -0.25) is 19.7 Å². The van der Waals surface area contributed by atoms with Crippen LogP contribution in [-0.2, 0) is 20.5 Å². The van der Waals surface area contributed by atoms with Crippen LogP contribution in [0.15, 0.2) is 66.7 Å². The Labute approximate surface area is 218 Å². The summed E-state index contributed by atoms with van der Waals surface area (Å²) in [4.78, 5) is 46.6. The van der Waals surface area contributed by atoms with Gasteiger partial charge in [-0.05, 0) is 48.5 Å². The highest BCUT2D eigenvalue weighted by molar-refractivity contribution is 5.96. The number of hydrogen-bond donors (Lipinski definition) is 2. The van der Waals surface area contributed by atoms with Crippen molar-refractivity contribution in [3.8, 4) is 11.5 Å². The zero-order valence-corrected chi connectivity index (χ0v) is 20.1. The average Bonchev–Trinajstić information content (AvgIpc) is 2.90. The lowest BCUT2D eigenvalue weighted by molar-refractivity contribution is -0.384. The summed E-state index contributed by atoms with van der Waals surface area (Å²) < 4.78 is 53.6. The molecule has 0 aromatic heterocycles. The fourth-order valence-corrected chi connectivity index (χ4v) is 3.10. The zero-order valence-electron chi connectivity index (χ0n) is 20.1. The number of methoxy groups -OCH3 is 1. The predicted molar refractivity (Wildman–Crippen MR) is 131 cm³/mol. The number of benzene rings is 3. The molecule has 0 saturated carbocycles. The van der Waals surface area contributed by atoms with Crippen LogP contribution in [0, 0.1) is 10.1 Å². The highest BCUT2D eigenvalue weighted by Gasteiger charge is 2.30. The van der Waals surface area contributed by atoms with Gasteiger partial charge in [-0.2, -0.15) is 13.2 Å². The molecule has 0 radical (unpaired) electrons. The van der Waals surface area contributed by atoms with Crippen LogP contribution >= 0.6 is 0 Å². The number of nitrogens with one attached hydrogen (secondary N) is 2. The van der Waals surface area contributed by atoms with Crippen LogP contribution in [0.5, 0.6) is 11.5 Å². The third-order valence-corrected chi connectivity index (χ3v) is 4.94. The number of nitro groups is 1. The van der Waals surface area contributed by atoms with E-state index < -0.39 is 47.7 Å². The Morgan fingerprint density at radius 1 is 0.923 bits per heavy atom. The Morgan fingerprint density at radius 2 is 1.62 bits per heavy atom. The maximum Gasteiger partial charge on any atom is 0.416 e. The molecule has 0 fully saturated rings. The van der Waals surface area contributed by atoms with Gasteiger partial charge in [0.05, 0.1) is 34.9 Å². The van der Waals surface area contributed by atoms with Gasteiger partial charge in [-0.25, -0.2) is 4.79 Å². The van der Waals surface area contributed by atoms with Crippen LogP contribution in [0.3, 0.4) is 0 Å². The number of alkyl halides is 3. The van der Waals surface area contributed by atoms with E-state index in [0.29, 0.717) is 0 Å². The third kappa shape index (κ3) is 8.18. The van der Waals surface area contributed by atoms with Crippen LogP contribution in [-0.4, -0.2) is 43.0 Å². The molecule has 0 spiro atoms. The van der Waals surface area contributed by atoms with Gasteiger partial charge in [0, 0.05) is 11.8 Å². The van der Waals surface area contributed by atoms with Crippen molar-refractivity contribution in [2.45, 2.75) is 6.18 Å². The molecule has 14 heteroatoms. The number of halogens is 3. The molecule has 0 unspecified atom stereocenters. The fourth-order valence-electron chi connectivity index (χ4n) is 3.10. The van der Waals surface area contributed by atoms with Crippen molar-refractivity contribution in [1.82, 2.24) is 0 Å². The van der Waals surface area contributed by atoms with Gasteiger partial charge < -0.3 is 24.8 Å². The molecule has 0 aliphatic rings. The van der Waals surface area contributed by atoms with Gasteiger partial charge in [0.15, 0.2) is 13.2 Å². The minimum Gasteiger partial charge on any atom is -0.494 e. The number of hydrogen-bond acceptors (Lipinski definition) is 8. The molecule has 204 valence electrons. The predicted octanol–water partition coefficient (Wildman–Crippen LogP) is 4.44. The van der Waals surface area contributed by atoms with Gasteiger partial charge in [-0.15, -0.1) is 0 Å². The van der Waals surface area contributed by atoms with Crippen LogP contribution in [0.4, 0.5) is 30.2 Å². The Bertz CT molecular complexity index is 1380. The lowest BCUT2D eigenvalue weighted by Gasteiger charge is -2.11. The molecule has 3 aromatic carbocycles. The molecule has 2 N–H and O–H groups in total. The maximum absolute atomic E-state index is 12.8. The van der Waals surface area contributed by atoms with Crippen LogP contribution in [0.2, 0.25) is 0 Å². The number of ether oxygens (including phenoxy) is 3. The van der Waals surface area contributed by atoms with E-state index in [1.807, 2.05) is 0 Å². The van der Waals surface area contributed by atoms with E-state index in [0.717, 1.165) is 24.3 Å². The molecule has 11 nitrogen and oxygen atoms in total. The summed E-state index contributed by atoms with van der Waals surface area (Å²) in [5.74, 6) is -2.03. The van der Waals surface area contributed by atoms with Gasteiger partial charge in [-0.1, -0.05) is 6.07 Å². The molecule has 0 heterocycles. The smallest absolute Gasteiger partial charge is 0.416 e. The topological polar surface area (TPSA) is 146 Å². The second-order valence-corrected chi connectivity index (χ2v) is 7.71. The number of carbonyl (C=O) groups excluding carboxylic acids is 3. The van der Waals surface area contributed by atoms with Crippen LogP contribution < -0.4 is 20.1 Å². The first-order valence-corrected chi connectivity index (χ1v) is 11.0. The van der Waals surface area contributed by atoms with Crippen molar-refractivity contribution in [3.05, 3.63) is 88.0 Å². The first-order valence-electron chi connectivity index (χ1n) is 11.0. The summed E-state index contributed by atoms with van der Waals surface area (Å²) in [6.45, 7) is -1.17. The molecule has 3 aromatic rings. The lowest BCUT2D eigenvalue weighted by Crippen LogP contribution is -2.21. The summed E-state index contributed by atoms with van der Waals surface area (Å²) in [5, 5.41) is 15.6.